The molecule has 1 heterocycles. The van der Waals surface area contributed by atoms with E-state index in [9.17, 15) is 4.79 Å². The van der Waals surface area contributed by atoms with Gasteiger partial charge in [0.2, 0.25) is 17.6 Å². The molecule has 6 nitrogen and oxygen atoms in total. The first kappa shape index (κ1) is 21.6. The molecule has 3 aromatic rings. The summed E-state index contributed by atoms with van der Waals surface area (Å²) in [7, 11) is 1.63. The van der Waals surface area contributed by atoms with E-state index in [4.69, 9.17) is 9.26 Å². The second kappa shape index (κ2) is 10.6. The molecule has 0 unspecified atom stereocenters. The van der Waals surface area contributed by atoms with Crippen LogP contribution in [0.25, 0.3) is 11.4 Å². The molecule has 158 valence electrons. The number of amides is 1. The van der Waals surface area contributed by atoms with E-state index in [1.54, 1.807) is 7.11 Å². The quantitative estimate of drug-likeness (QED) is 0.498. The number of methoxy groups -OCH3 is 1. The Balaban J connectivity index is 1.58. The molecular weight excluding hydrogens is 378 g/mol. The van der Waals surface area contributed by atoms with Crippen LogP contribution < -0.4 is 4.74 Å². The lowest BCUT2D eigenvalue weighted by molar-refractivity contribution is -0.131. The van der Waals surface area contributed by atoms with Gasteiger partial charge in [-0.25, -0.2) is 0 Å². The molecule has 6 heteroatoms. The largest absolute Gasteiger partial charge is 0.497 e. The third-order valence-electron chi connectivity index (χ3n) is 4.82. The van der Waals surface area contributed by atoms with Gasteiger partial charge in [-0.1, -0.05) is 49.3 Å². The number of carbonyl (C=O) groups is 1. The molecule has 0 bridgehead atoms. The number of hydrogen-bond acceptors (Lipinski definition) is 5. The number of rotatable bonds is 10. The molecule has 2 aromatic carbocycles. The fourth-order valence-electron chi connectivity index (χ4n) is 3.26. The summed E-state index contributed by atoms with van der Waals surface area (Å²) in [6, 6.07) is 17.6. The van der Waals surface area contributed by atoms with Gasteiger partial charge in [-0.05, 0) is 42.2 Å². The Bertz CT molecular complexity index is 920. The Morgan fingerprint density at radius 1 is 1.07 bits per heavy atom. The third-order valence-corrected chi connectivity index (χ3v) is 4.82. The van der Waals surface area contributed by atoms with Gasteiger partial charge in [0.15, 0.2) is 0 Å². The van der Waals surface area contributed by atoms with E-state index < -0.39 is 0 Å². The molecule has 1 amide bonds. The molecule has 0 fully saturated rings. The van der Waals surface area contributed by atoms with E-state index in [1.165, 1.54) is 5.56 Å². The number of ether oxygens (including phenoxy) is 1. The summed E-state index contributed by atoms with van der Waals surface area (Å²) in [6.45, 7) is 5.51. The maximum Gasteiger partial charge on any atom is 0.228 e. The van der Waals surface area contributed by atoms with Gasteiger partial charge >= 0.3 is 0 Å². The van der Waals surface area contributed by atoms with Crippen LogP contribution in [0, 0.1) is 5.92 Å². The highest BCUT2D eigenvalue weighted by molar-refractivity contribution is 5.76. The first-order valence-corrected chi connectivity index (χ1v) is 10.3. The summed E-state index contributed by atoms with van der Waals surface area (Å²) in [6.07, 6.45) is 1.78. The normalized spacial score (nSPS) is 10.9. The summed E-state index contributed by atoms with van der Waals surface area (Å²) < 4.78 is 10.6. The van der Waals surface area contributed by atoms with Crippen LogP contribution in [0.3, 0.4) is 0 Å². The standard InChI is InChI=1S/C24H29N3O3/c1-18(2)17-27(23(28)14-9-19-7-5-4-6-8-19)16-15-22-25-24(26-30-22)20-10-12-21(29-3)13-11-20/h4-8,10-13,18H,9,14-17H2,1-3H3. The van der Waals surface area contributed by atoms with Crippen LogP contribution >= 0.6 is 0 Å². The third kappa shape index (κ3) is 6.17. The van der Waals surface area contributed by atoms with E-state index >= 15 is 0 Å². The second-order valence-corrected chi connectivity index (χ2v) is 7.71. The zero-order chi connectivity index (χ0) is 21.3. The van der Waals surface area contributed by atoms with Crippen molar-refractivity contribution in [2.75, 3.05) is 20.2 Å². The first-order chi connectivity index (χ1) is 14.5. The fraction of sp³-hybridized carbons (Fsp3) is 0.375. The lowest BCUT2D eigenvalue weighted by Crippen LogP contribution is -2.36. The Labute approximate surface area is 177 Å². The number of carbonyl (C=O) groups excluding carboxylic acids is 1. The minimum Gasteiger partial charge on any atom is -0.497 e. The van der Waals surface area contributed by atoms with Crippen molar-refractivity contribution < 1.29 is 14.1 Å². The number of hydrogen-bond donors (Lipinski definition) is 0. The monoisotopic (exact) mass is 407 g/mol. The molecule has 3 rings (SSSR count). The van der Waals surface area contributed by atoms with Crippen LogP contribution in [-0.2, 0) is 17.6 Å². The van der Waals surface area contributed by atoms with Gasteiger partial charge < -0.3 is 14.2 Å². The highest BCUT2D eigenvalue weighted by Gasteiger charge is 2.17. The summed E-state index contributed by atoms with van der Waals surface area (Å²) in [5.41, 5.74) is 2.04. The fourth-order valence-corrected chi connectivity index (χ4v) is 3.26. The molecule has 1 aromatic heterocycles. The van der Waals surface area contributed by atoms with Gasteiger partial charge in [-0.3, -0.25) is 4.79 Å². The first-order valence-electron chi connectivity index (χ1n) is 10.3. The van der Waals surface area contributed by atoms with Crippen LogP contribution in [0.4, 0.5) is 0 Å². The van der Waals surface area contributed by atoms with E-state index in [0.29, 0.717) is 43.6 Å². The van der Waals surface area contributed by atoms with E-state index in [-0.39, 0.29) is 5.91 Å². The van der Waals surface area contributed by atoms with Crippen molar-refractivity contribution in [3.05, 3.63) is 66.1 Å². The summed E-state index contributed by atoms with van der Waals surface area (Å²) in [4.78, 5) is 19.2. The molecule has 0 atom stereocenters. The van der Waals surface area contributed by atoms with E-state index in [1.807, 2.05) is 47.4 Å². The number of nitrogens with zero attached hydrogens (tertiary/aromatic N) is 3. The van der Waals surface area contributed by atoms with Gasteiger partial charge in [0.25, 0.3) is 0 Å². The highest BCUT2D eigenvalue weighted by Crippen LogP contribution is 2.20. The van der Waals surface area contributed by atoms with Crippen LogP contribution in [0.2, 0.25) is 0 Å². The molecule has 0 aliphatic rings. The average molecular weight is 408 g/mol. The molecule has 0 radical (unpaired) electrons. The SMILES string of the molecule is COc1ccc(-c2noc(CCN(CC(C)C)C(=O)CCc3ccccc3)n2)cc1. The minimum absolute atomic E-state index is 0.155. The van der Waals surface area contributed by atoms with E-state index in [2.05, 4.69) is 36.1 Å². The highest BCUT2D eigenvalue weighted by atomic mass is 16.5. The zero-order valence-electron chi connectivity index (χ0n) is 17.9. The maximum atomic E-state index is 12.8. The maximum absolute atomic E-state index is 12.8. The Morgan fingerprint density at radius 3 is 2.47 bits per heavy atom. The number of benzene rings is 2. The molecule has 0 spiro atoms. The molecule has 30 heavy (non-hydrogen) atoms. The summed E-state index contributed by atoms with van der Waals surface area (Å²) in [5, 5.41) is 4.07. The van der Waals surface area contributed by atoms with Gasteiger partial charge in [-0.15, -0.1) is 0 Å². The van der Waals surface area contributed by atoms with Crippen LogP contribution in [-0.4, -0.2) is 41.1 Å². The predicted octanol–water partition coefficient (Wildman–Crippen LogP) is 4.41. The Kier molecular flexibility index (Phi) is 7.60. The predicted molar refractivity (Wildman–Crippen MR) is 116 cm³/mol. The van der Waals surface area contributed by atoms with Gasteiger partial charge in [-0.2, -0.15) is 4.98 Å². The van der Waals surface area contributed by atoms with Crippen molar-refractivity contribution in [1.82, 2.24) is 15.0 Å². The van der Waals surface area contributed by atoms with Crippen LogP contribution in [0.1, 0.15) is 31.7 Å². The topological polar surface area (TPSA) is 68.5 Å². The van der Waals surface area contributed by atoms with Gasteiger partial charge in [0.1, 0.15) is 5.75 Å². The summed E-state index contributed by atoms with van der Waals surface area (Å²) in [5.74, 6) is 2.40. The summed E-state index contributed by atoms with van der Waals surface area (Å²) >= 11 is 0. The lowest BCUT2D eigenvalue weighted by Gasteiger charge is -2.24. The van der Waals surface area contributed by atoms with Crippen LogP contribution in [0.15, 0.2) is 59.1 Å². The van der Waals surface area contributed by atoms with E-state index in [0.717, 1.165) is 17.7 Å². The van der Waals surface area contributed by atoms with Crippen molar-refractivity contribution in [2.45, 2.75) is 33.1 Å². The van der Waals surface area contributed by atoms with Gasteiger partial charge in [0, 0.05) is 31.5 Å². The van der Waals surface area contributed by atoms with Crippen molar-refractivity contribution in [3.63, 3.8) is 0 Å². The molecule has 0 N–H and O–H groups in total. The average Bonchev–Trinajstić information content (AvgIpc) is 3.24. The number of aromatic nitrogens is 2. The Morgan fingerprint density at radius 2 is 1.80 bits per heavy atom. The second-order valence-electron chi connectivity index (χ2n) is 7.71. The van der Waals surface area contributed by atoms with Crippen molar-refractivity contribution in [1.29, 1.82) is 0 Å². The molecular formula is C24H29N3O3. The van der Waals surface area contributed by atoms with Crippen molar-refractivity contribution in [3.8, 4) is 17.1 Å². The van der Waals surface area contributed by atoms with Crippen molar-refractivity contribution >= 4 is 5.91 Å². The lowest BCUT2D eigenvalue weighted by atomic mass is 10.1. The molecule has 0 saturated heterocycles. The Hall–Kier alpha value is -3.15. The number of aryl methyl sites for hydroxylation is 1. The minimum atomic E-state index is 0.155. The smallest absolute Gasteiger partial charge is 0.228 e. The van der Waals surface area contributed by atoms with Gasteiger partial charge in [0.05, 0.1) is 7.11 Å². The molecule has 0 aliphatic carbocycles. The zero-order valence-corrected chi connectivity index (χ0v) is 17.9. The van der Waals surface area contributed by atoms with Crippen molar-refractivity contribution in [2.24, 2.45) is 5.92 Å². The molecule has 0 saturated carbocycles. The molecule has 0 aliphatic heterocycles. The van der Waals surface area contributed by atoms with Crippen LogP contribution in [0.5, 0.6) is 5.75 Å².